The van der Waals surface area contributed by atoms with Gasteiger partial charge in [-0.1, -0.05) is 69.2 Å². The van der Waals surface area contributed by atoms with Crippen molar-refractivity contribution >= 4 is 49.3 Å². The Balaban J connectivity index is 1.56. The van der Waals surface area contributed by atoms with E-state index in [1.165, 1.54) is 16.9 Å². The maximum atomic E-state index is 13.1. The first-order valence-electron chi connectivity index (χ1n) is 9.48. The van der Waals surface area contributed by atoms with E-state index in [4.69, 9.17) is 4.74 Å². The van der Waals surface area contributed by atoms with Crippen molar-refractivity contribution in [1.29, 1.82) is 0 Å². The van der Waals surface area contributed by atoms with Crippen LogP contribution in [0.4, 0.5) is 0 Å². The van der Waals surface area contributed by atoms with Crippen molar-refractivity contribution in [2.45, 2.75) is 13.5 Å². The van der Waals surface area contributed by atoms with Gasteiger partial charge in [-0.25, -0.2) is 9.38 Å². The summed E-state index contributed by atoms with van der Waals surface area (Å²) < 4.78 is 9.31. The third-order valence-corrected chi connectivity index (χ3v) is 6.38. The van der Waals surface area contributed by atoms with Crippen molar-refractivity contribution in [2.24, 2.45) is 0 Å². The van der Waals surface area contributed by atoms with E-state index in [0.29, 0.717) is 16.1 Å². The average Bonchev–Trinajstić information content (AvgIpc) is 3.25. The molecule has 0 amide bonds. The SMILES string of the molecule is Cc1ccc(COc2ccc(Br)cc2C=c2sc3nc4ccccc4n3c2=O)cc1. The van der Waals surface area contributed by atoms with Gasteiger partial charge in [0.1, 0.15) is 12.4 Å². The molecule has 2 heterocycles. The molecule has 0 spiro atoms. The quantitative estimate of drug-likeness (QED) is 0.362. The van der Waals surface area contributed by atoms with E-state index in [1.54, 1.807) is 4.40 Å². The Morgan fingerprint density at radius 3 is 2.73 bits per heavy atom. The Morgan fingerprint density at radius 2 is 1.90 bits per heavy atom. The molecule has 0 saturated heterocycles. The predicted molar refractivity (Wildman–Crippen MR) is 125 cm³/mol. The summed E-state index contributed by atoms with van der Waals surface area (Å²) in [6.45, 7) is 2.53. The highest BCUT2D eigenvalue weighted by Gasteiger charge is 2.11. The molecule has 0 atom stereocenters. The molecule has 0 aliphatic carbocycles. The third-order valence-electron chi connectivity index (χ3n) is 4.92. The fourth-order valence-electron chi connectivity index (χ4n) is 3.36. The van der Waals surface area contributed by atoms with Crippen molar-refractivity contribution < 1.29 is 4.74 Å². The number of imidazole rings is 1. The van der Waals surface area contributed by atoms with E-state index >= 15 is 0 Å². The average molecular weight is 477 g/mol. The topological polar surface area (TPSA) is 43.6 Å². The zero-order valence-corrected chi connectivity index (χ0v) is 18.5. The first-order valence-corrected chi connectivity index (χ1v) is 11.1. The van der Waals surface area contributed by atoms with Gasteiger partial charge in [-0.15, -0.1) is 0 Å². The van der Waals surface area contributed by atoms with Crippen LogP contribution in [0.3, 0.4) is 0 Å². The number of halogens is 1. The molecule has 0 N–H and O–H groups in total. The summed E-state index contributed by atoms with van der Waals surface area (Å²) >= 11 is 4.91. The standard InChI is InChI=1S/C24H17BrN2O2S/c1-15-6-8-16(9-7-15)14-29-21-11-10-18(25)12-17(21)13-22-23(28)27-20-5-3-2-4-19(20)26-24(27)30-22/h2-13H,14H2,1H3. The Hall–Kier alpha value is -2.96. The second kappa shape index (κ2) is 7.70. The molecule has 0 aliphatic rings. The van der Waals surface area contributed by atoms with Gasteiger partial charge in [-0.05, 0) is 48.9 Å². The van der Waals surface area contributed by atoms with Crippen LogP contribution in [-0.2, 0) is 6.61 Å². The van der Waals surface area contributed by atoms with Crippen molar-refractivity contribution in [3.63, 3.8) is 0 Å². The minimum Gasteiger partial charge on any atom is -0.488 e. The van der Waals surface area contributed by atoms with Crippen molar-refractivity contribution in [2.75, 3.05) is 0 Å². The molecule has 0 saturated carbocycles. The van der Waals surface area contributed by atoms with E-state index in [9.17, 15) is 4.79 Å². The number of rotatable bonds is 4. The van der Waals surface area contributed by atoms with Crippen LogP contribution in [-0.4, -0.2) is 9.38 Å². The van der Waals surface area contributed by atoms with E-state index < -0.39 is 0 Å². The first kappa shape index (κ1) is 19.0. The molecule has 0 fully saturated rings. The smallest absolute Gasteiger partial charge is 0.274 e. The maximum Gasteiger partial charge on any atom is 0.274 e. The van der Waals surface area contributed by atoms with Crippen molar-refractivity contribution in [1.82, 2.24) is 9.38 Å². The Bertz CT molecular complexity index is 1490. The monoisotopic (exact) mass is 476 g/mol. The van der Waals surface area contributed by atoms with Crippen LogP contribution in [0.1, 0.15) is 16.7 Å². The summed E-state index contributed by atoms with van der Waals surface area (Å²) in [6.07, 6.45) is 1.88. The van der Waals surface area contributed by atoms with Gasteiger partial charge in [0.15, 0.2) is 4.96 Å². The van der Waals surface area contributed by atoms with Crippen molar-refractivity contribution in [3.8, 4) is 5.75 Å². The van der Waals surface area contributed by atoms with Gasteiger partial charge in [0.05, 0.1) is 15.6 Å². The van der Waals surface area contributed by atoms with Gasteiger partial charge in [-0.2, -0.15) is 0 Å². The molecular formula is C24H17BrN2O2S. The molecular weight excluding hydrogens is 460 g/mol. The Morgan fingerprint density at radius 1 is 1.10 bits per heavy atom. The summed E-state index contributed by atoms with van der Waals surface area (Å²) in [5, 5.41) is 0. The molecule has 0 bridgehead atoms. The zero-order valence-electron chi connectivity index (χ0n) is 16.1. The molecule has 2 aromatic heterocycles. The minimum atomic E-state index is -0.0619. The number of thiazole rings is 1. The summed E-state index contributed by atoms with van der Waals surface area (Å²) in [7, 11) is 0. The number of nitrogens with zero attached hydrogens (tertiary/aromatic N) is 2. The zero-order chi connectivity index (χ0) is 20.7. The fraction of sp³-hybridized carbons (Fsp3) is 0.0833. The maximum absolute atomic E-state index is 13.1. The second-order valence-corrected chi connectivity index (χ2v) is 9.02. The normalized spacial score (nSPS) is 12.1. The summed E-state index contributed by atoms with van der Waals surface area (Å²) in [4.78, 5) is 18.3. The first-order chi connectivity index (χ1) is 14.6. The van der Waals surface area contributed by atoms with Crippen LogP contribution in [0, 0.1) is 6.92 Å². The number of hydrogen-bond donors (Lipinski definition) is 0. The molecule has 5 rings (SSSR count). The Kier molecular flexibility index (Phi) is 4.89. The number of ether oxygens (including phenoxy) is 1. The highest BCUT2D eigenvalue weighted by atomic mass is 79.9. The van der Waals surface area contributed by atoms with Gasteiger partial charge < -0.3 is 4.74 Å². The molecule has 148 valence electrons. The molecule has 30 heavy (non-hydrogen) atoms. The number of fused-ring (bicyclic) bond motifs is 3. The number of aryl methyl sites for hydroxylation is 1. The number of para-hydroxylation sites is 2. The highest BCUT2D eigenvalue weighted by Crippen LogP contribution is 2.25. The molecule has 0 unspecified atom stereocenters. The largest absolute Gasteiger partial charge is 0.488 e. The van der Waals surface area contributed by atoms with Crippen LogP contribution in [0.2, 0.25) is 0 Å². The lowest BCUT2D eigenvalue weighted by Crippen LogP contribution is -2.22. The van der Waals surface area contributed by atoms with Gasteiger partial charge in [0.25, 0.3) is 5.56 Å². The van der Waals surface area contributed by atoms with Gasteiger partial charge in [-0.3, -0.25) is 4.79 Å². The van der Waals surface area contributed by atoms with E-state index in [1.807, 2.05) is 48.5 Å². The van der Waals surface area contributed by atoms with Gasteiger partial charge >= 0.3 is 0 Å². The minimum absolute atomic E-state index is 0.0619. The van der Waals surface area contributed by atoms with Crippen molar-refractivity contribution in [3.05, 3.63) is 103 Å². The van der Waals surface area contributed by atoms with Gasteiger partial charge in [0.2, 0.25) is 0 Å². The lowest BCUT2D eigenvalue weighted by atomic mass is 10.1. The molecule has 0 aliphatic heterocycles. The van der Waals surface area contributed by atoms with Crippen LogP contribution in [0.15, 0.2) is 76.0 Å². The third kappa shape index (κ3) is 3.53. The van der Waals surface area contributed by atoms with Gasteiger partial charge in [0, 0.05) is 10.0 Å². The van der Waals surface area contributed by atoms with Crippen LogP contribution < -0.4 is 14.8 Å². The highest BCUT2D eigenvalue weighted by molar-refractivity contribution is 9.10. The summed E-state index contributed by atoms with van der Waals surface area (Å²) in [5.41, 5.74) is 4.76. The second-order valence-electron chi connectivity index (χ2n) is 7.09. The van der Waals surface area contributed by atoms with E-state index in [2.05, 4.69) is 52.1 Å². The lowest BCUT2D eigenvalue weighted by Gasteiger charge is -2.10. The Labute approximate surface area is 185 Å². The molecule has 6 heteroatoms. The summed E-state index contributed by atoms with van der Waals surface area (Å²) in [5.74, 6) is 0.731. The number of benzene rings is 3. The lowest BCUT2D eigenvalue weighted by molar-refractivity contribution is 0.305. The molecule has 4 nitrogen and oxygen atoms in total. The molecule has 5 aromatic rings. The van der Waals surface area contributed by atoms with E-state index in [0.717, 1.165) is 32.4 Å². The molecule has 3 aromatic carbocycles. The van der Waals surface area contributed by atoms with Crippen LogP contribution in [0.25, 0.3) is 22.1 Å². The predicted octanol–water partition coefficient (Wildman–Crippen LogP) is 5.11. The fourth-order valence-corrected chi connectivity index (χ4v) is 4.72. The van der Waals surface area contributed by atoms with Crippen LogP contribution >= 0.6 is 27.3 Å². The van der Waals surface area contributed by atoms with E-state index in [-0.39, 0.29) is 5.56 Å². The van der Waals surface area contributed by atoms with Crippen LogP contribution in [0.5, 0.6) is 5.75 Å². The number of aromatic nitrogens is 2. The number of hydrogen-bond acceptors (Lipinski definition) is 4. The summed E-state index contributed by atoms with van der Waals surface area (Å²) in [6, 6.07) is 21.8. The molecule has 0 radical (unpaired) electrons.